The van der Waals surface area contributed by atoms with Crippen molar-refractivity contribution < 1.29 is 9.32 Å². The fraction of sp³-hybridized carbons (Fsp3) is 0.188. The molecule has 0 saturated heterocycles. The van der Waals surface area contributed by atoms with Crippen LogP contribution in [0.15, 0.2) is 34.6 Å². The number of carbonyl (C=O) groups excluding carboxylic acids is 1. The van der Waals surface area contributed by atoms with Gasteiger partial charge < -0.3 is 9.84 Å². The van der Waals surface area contributed by atoms with Crippen molar-refractivity contribution in [2.45, 2.75) is 13.3 Å². The average Bonchev–Trinajstić information content (AvgIpc) is 3.37. The number of aromatic nitrogens is 4. The summed E-state index contributed by atoms with van der Waals surface area (Å²) in [7, 11) is 0. The molecule has 27 heavy (non-hydrogen) atoms. The van der Waals surface area contributed by atoms with E-state index in [1.807, 2.05) is 11.4 Å². The Morgan fingerprint density at radius 1 is 1.26 bits per heavy atom. The van der Waals surface area contributed by atoms with Crippen molar-refractivity contribution >= 4 is 55.7 Å². The number of amides is 2. The molecule has 0 atom stereocenters. The molecule has 4 rings (SSSR count). The Labute approximate surface area is 161 Å². The second-order valence-electron chi connectivity index (χ2n) is 5.57. The van der Waals surface area contributed by atoms with E-state index in [4.69, 9.17) is 4.52 Å². The topological polar surface area (TPSA) is 118 Å². The summed E-state index contributed by atoms with van der Waals surface area (Å²) in [5.41, 5.74) is 0.940. The second kappa shape index (κ2) is 7.68. The third-order valence-corrected chi connectivity index (χ3v) is 5.43. The standard InChI is InChI=1S/C16H15N7O2S2/c1-9-6-12(23-25-9)21-15(24)22-16-18-7-10(27-16)2-4-17-14-13-11(3-5-26-13)19-8-20-14/h3,5-8H,2,4H2,1H3,(H,17,19,20)(H2,18,21,22,23,24). The summed E-state index contributed by atoms with van der Waals surface area (Å²) in [6.07, 6.45) is 4.07. The maximum Gasteiger partial charge on any atom is 0.326 e. The van der Waals surface area contributed by atoms with Crippen LogP contribution in [0.25, 0.3) is 10.2 Å². The number of hydrogen-bond acceptors (Lipinski definition) is 9. The second-order valence-corrected chi connectivity index (χ2v) is 7.60. The summed E-state index contributed by atoms with van der Waals surface area (Å²) >= 11 is 3.03. The van der Waals surface area contributed by atoms with Gasteiger partial charge in [0, 0.05) is 30.1 Å². The molecule has 0 aliphatic carbocycles. The minimum absolute atomic E-state index is 0.357. The summed E-state index contributed by atoms with van der Waals surface area (Å²) < 4.78 is 5.95. The summed E-state index contributed by atoms with van der Waals surface area (Å²) in [4.78, 5) is 25.7. The zero-order chi connectivity index (χ0) is 18.6. The maximum atomic E-state index is 11.9. The molecular weight excluding hydrogens is 386 g/mol. The smallest absolute Gasteiger partial charge is 0.326 e. The minimum Gasteiger partial charge on any atom is -0.368 e. The summed E-state index contributed by atoms with van der Waals surface area (Å²) in [6, 6.07) is 3.19. The first-order chi connectivity index (χ1) is 13.2. The zero-order valence-electron chi connectivity index (χ0n) is 14.2. The first-order valence-electron chi connectivity index (χ1n) is 8.05. The Morgan fingerprint density at radius 3 is 3.04 bits per heavy atom. The van der Waals surface area contributed by atoms with E-state index in [-0.39, 0.29) is 0 Å². The Morgan fingerprint density at radius 2 is 2.19 bits per heavy atom. The zero-order valence-corrected chi connectivity index (χ0v) is 15.9. The van der Waals surface area contributed by atoms with Gasteiger partial charge in [-0.25, -0.2) is 19.7 Å². The maximum absolute atomic E-state index is 11.9. The van der Waals surface area contributed by atoms with E-state index in [2.05, 4.69) is 36.1 Å². The number of anilines is 3. The number of fused-ring (bicyclic) bond motifs is 1. The molecule has 0 aliphatic heterocycles. The van der Waals surface area contributed by atoms with Gasteiger partial charge in [-0.15, -0.1) is 22.7 Å². The highest BCUT2D eigenvalue weighted by Crippen LogP contribution is 2.25. The molecule has 11 heteroatoms. The van der Waals surface area contributed by atoms with E-state index < -0.39 is 6.03 Å². The minimum atomic E-state index is -0.414. The van der Waals surface area contributed by atoms with Crippen LogP contribution in [0.5, 0.6) is 0 Å². The Kier molecular flexibility index (Phi) is 4.94. The highest BCUT2D eigenvalue weighted by molar-refractivity contribution is 7.17. The summed E-state index contributed by atoms with van der Waals surface area (Å²) in [6.45, 7) is 2.46. The van der Waals surface area contributed by atoms with Crippen molar-refractivity contribution in [1.29, 1.82) is 0 Å². The van der Waals surface area contributed by atoms with Gasteiger partial charge in [0.1, 0.15) is 17.9 Å². The molecule has 4 aromatic heterocycles. The molecule has 0 fully saturated rings. The fourth-order valence-electron chi connectivity index (χ4n) is 2.37. The van der Waals surface area contributed by atoms with Crippen LogP contribution in [0, 0.1) is 6.92 Å². The van der Waals surface area contributed by atoms with E-state index >= 15 is 0 Å². The number of aryl methyl sites for hydroxylation is 1. The number of carbonyl (C=O) groups is 1. The number of thiazole rings is 1. The first-order valence-corrected chi connectivity index (χ1v) is 9.75. The van der Waals surface area contributed by atoms with Crippen LogP contribution in [0.3, 0.4) is 0 Å². The number of nitrogens with zero attached hydrogens (tertiary/aromatic N) is 4. The Bertz CT molecular complexity index is 1070. The normalized spacial score (nSPS) is 10.9. The molecular formula is C16H15N7O2S2. The number of rotatable bonds is 6. The van der Waals surface area contributed by atoms with Crippen LogP contribution >= 0.6 is 22.7 Å². The molecule has 0 spiro atoms. The van der Waals surface area contributed by atoms with E-state index in [1.54, 1.807) is 36.9 Å². The number of thiophene rings is 1. The van der Waals surface area contributed by atoms with Crippen molar-refractivity contribution in [3.63, 3.8) is 0 Å². The van der Waals surface area contributed by atoms with Gasteiger partial charge in [-0.2, -0.15) is 0 Å². The molecule has 9 nitrogen and oxygen atoms in total. The predicted octanol–water partition coefficient (Wildman–Crippen LogP) is 3.74. The van der Waals surface area contributed by atoms with Crippen molar-refractivity contribution in [2.75, 3.05) is 22.5 Å². The number of nitrogens with one attached hydrogen (secondary N) is 3. The average molecular weight is 401 g/mol. The van der Waals surface area contributed by atoms with Crippen LogP contribution in [0.1, 0.15) is 10.6 Å². The third kappa shape index (κ3) is 4.20. The third-order valence-electron chi connectivity index (χ3n) is 3.55. The molecule has 2 amide bonds. The van der Waals surface area contributed by atoms with Crippen LogP contribution in [0.2, 0.25) is 0 Å². The van der Waals surface area contributed by atoms with Crippen LogP contribution in [-0.2, 0) is 6.42 Å². The van der Waals surface area contributed by atoms with Gasteiger partial charge in [-0.05, 0) is 18.4 Å². The first kappa shape index (κ1) is 17.4. The van der Waals surface area contributed by atoms with E-state index in [0.717, 1.165) is 27.3 Å². The van der Waals surface area contributed by atoms with Gasteiger partial charge in [0.15, 0.2) is 10.9 Å². The Balaban J connectivity index is 1.29. The Hall–Kier alpha value is -3.05. The highest BCUT2D eigenvalue weighted by atomic mass is 32.1. The van der Waals surface area contributed by atoms with Crippen LogP contribution < -0.4 is 16.0 Å². The van der Waals surface area contributed by atoms with Gasteiger partial charge in [0.25, 0.3) is 0 Å². The lowest BCUT2D eigenvalue weighted by Crippen LogP contribution is -2.19. The lowest BCUT2D eigenvalue weighted by atomic mass is 10.3. The largest absolute Gasteiger partial charge is 0.368 e. The van der Waals surface area contributed by atoms with E-state index in [9.17, 15) is 4.79 Å². The van der Waals surface area contributed by atoms with Gasteiger partial charge >= 0.3 is 6.03 Å². The highest BCUT2D eigenvalue weighted by Gasteiger charge is 2.10. The van der Waals surface area contributed by atoms with Crippen molar-refractivity contribution in [2.24, 2.45) is 0 Å². The molecule has 0 bridgehead atoms. The molecule has 0 aliphatic rings. The quantitative estimate of drug-likeness (QED) is 0.450. The van der Waals surface area contributed by atoms with Crippen molar-refractivity contribution in [3.05, 3.63) is 40.7 Å². The molecule has 138 valence electrons. The fourth-order valence-corrected chi connectivity index (χ4v) is 3.99. The lowest BCUT2D eigenvalue weighted by molar-refractivity contribution is 0.262. The van der Waals surface area contributed by atoms with Crippen molar-refractivity contribution in [1.82, 2.24) is 20.1 Å². The number of urea groups is 1. The predicted molar refractivity (Wildman–Crippen MR) is 106 cm³/mol. The van der Waals surface area contributed by atoms with Gasteiger partial charge in [-0.3, -0.25) is 10.6 Å². The monoisotopic (exact) mass is 401 g/mol. The van der Waals surface area contributed by atoms with Crippen LogP contribution in [-0.4, -0.2) is 32.7 Å². The summed E-state index contributed by atoms with van der Waals surface area (Å²) in [5.74, 6) is 1.81. The molecule has 4 heterocycles. The van der Waals surface area contributed by atoms with Gasteiger partial charge in [-0.1, -0.05) is 5.16 Å². The van der Waals surface area contributed by atoms with Crippen molar-refractivity contribution in [3.8, 4) is 0 Å². The lowest BCUT2D eigenvalue weighted by Gasteiger charge is -2.04. The van der Waals surface area contributed by atoms with Gasteiger partial charge in [0.05, 0.1) is 10.2 Å². The summed E-state index contributed by atoms with van der Waals surface area (Å²) in [5, 5.41) is 14.8. The van der Waals surface area contributed by atoms with E-state index in [0.29, 0.717) is 23.3 Å². The molecule has 0 aromatic carbocycles. The molecule has 3 N–H and O–H groups in total. The SMILES string of the molecule is Cc1cc(NC(=O)Nc2ncc(CCNc3ncnc4ccsc34)s2)no1. The molecule has 4 aromatic rings. The molecule has 0 unspecified atom stereocenters. The van der Waals surface area contributed by atoms with Gasteiger partial charge in [0.2, 0.25) is 0 Å². The molecule has 0 radical (unpaired) electrons. The number of hydrogen-bond donors (Lipinski definition) is 3. The van der Waals surface area contributed by atoms with E-state index in [1.165, 1.54) is 11.3 Å². The molecule has 0 saturated carbocycles. The van der Waals surface area contributed by atoms with Crippen LogP contribution in [0.4, 0.5) is 21.6 Å².